The molecule has 0 radical (unpaired) electrons. The highest BCUT2D eigenvalue weighted by molar-refractivity contribution is 6.32. The number of rotatable bonds is 2. The molecule has 0 fully saturated rings. The lowest BCUT2D eigenvalue weighted by Crippen LogP contribution is -2.05. The molecule has 1 aromatic carbocycles. The van der Waals surface area contributed by atoms with Crippen molar-refractivity contribution in [1.82, 2.24) is 19.5 Å². The summed E-state index contributed by atoms with van der Waals surface area (Å²) >= 11 is 5.91. The molecule has 0 bridgehead atoms. The summed E-state index contributed by atoms with van der Waals surface area (Å²) in [6.45, 7) is 0. The Morgan fingerprint density at radius 2 is 2.05 bits per heavy atom. The summed E-state index contributed by atoms with van der Waals surface area (Å²) in [7, 11) is 1.41. The summed E-state index contributed by atoms with van der Waals surface area (Å²) in [5.41, 5.74) is 6.10. The van der Waals surface area contributed by atoms with Gasteiger partial charge in [-0.15, -0.1) is 0 Å². The summed E-state index contributed by atoms with van der Waals surface area (Å²) in [6, 6.07) is 1.68. The third-order valence-electron chi connectivity index (χ3n) is 2.84. The van der Waals surface area contributed by atoms with E-state index in [1.54, 1.807) is 0 Å². The van der Waals surface area contributed by atoms with Gasteiger partial charge in [0.1, 0.15) is 17.8 Å². The number of hydrogen-bond donors (Lipinski definition) is 1. The Hall–Kier alpha value is -2.48. The van der Waals surface area contributed by atoms with Gasteiger partial charge in [0.2, 0.25) is 11.8 Å². The number of nitrogens with two attached hydrogens (primary N) is 1. The van der Waals surface area contributed by atoms with Crippen molar-refractivity contribution in [2.75, 3.05) is 12.8 Å². The average Bonchev–Trinajstić information content (AvgIpc) is 2.74. The zero-order valence-corrected chi connectivity index (χ0v) is 11.4. The second-order valence-corrected chi connectivity index (χ2v) is 4.49. The summed E-state index contributed by atoms with van der Waals surface area (Å²) in [5, 5.41) is -0.156. The molecule has 0 amide bonds. The summed E-state index contributed by atoms with van der Waals surface area (Å²) in [5.74, 6) is -1.57. The Morgan fingerprint density at radius 1 is 1.29 bits per heavy atom. The lowest BCUT2D eigenvalue weighted by Gasteiger charge is -2.09. The molecule has 3 aromatic rings. The fourth-order valence-corrected chi connectivity index (χ4v) is 2.29. The lowest BCUT2D eigenvalue weighted by molar-refractivity contribution is 0.401. The Morgan fingerprint density at radius 3 is 2.71 bits per heavy atom. The fourth-order valence-electron chi connectivity index (χ4n) is 2.01. The van der Waals surface area contributed by atoms with E-state index in [9.17, 15) is 8.78 Å². The standard InChI is InChI=1S/C12H8ClF2N5O/c1-21-11-8-10(17-4-18-11)20(12(16)19-8)9-6(13)2-5(14)3-7(9)15/h2-4H,1H3,(H2,16,19). The third-order valence-corrected chi connectivity index (χ3v) is 3.12. The van der Waals surface area contributed by atoms with E-state index in [2.05, 4.69) is 15.0 Å². The van der Waals surface area contributed by atoms with Crippen LogP contribution in [0, 0.1) is 11.6 Å². The normalized spacial score (nSPS) is 11.0. The molecule has 2 N–H and O–H groups in total. The van der Waals surface area contributed by atoms with Gasteiger partial charge in [0.05, 0.1) is 12.1 Å². The van der Waals surface area contributed by atoms with Crippen LogP contribution in [0.3, 0.4) is 0 Å². The number of hydrogen-bond acceptors (Lipinski definition) is 5. The number of benzene rings is 1. The smallest absolute Gasteiger partial charge is 0.245 e. The second-order valence-electron chi connectivity index (χ2n) is 4.08. The van der Waals surface area contributed by atoms with Crippen molar-refractivity contribution in [3.05, 3.63) is 35.1 Å². The minimum Gasteiger partial charge on any atom is -0.479 e. The maximum atomic E-state index is 14.1. The molecule has 3 rings (SSSR count). The van der Waals surface area contributed by atoms with Gasteiger partial charge in [-0.3, -0.25) is 4.57 Å². The summed E-state index contributed by atoms with van der Waals surface area (Å²) < 4.78 is 33.4. The van der Waals surface area contributed by atoms with E-state index in [-0.39, 0.29) is 33.7 Å². The molecule has 2 aromatic heterocycles. The van der Waals surface area contributed by atoms with Crippen LogP contribution in [0.25, 0.3) is 16.9 Å². The van der Waals surface area contributed by atoms with Crippen molar-refractivity contribution < 1.29 is 13.5 Å². The van der Waals surface area contributed by atoms with Crippen molar-refractivity contribution in [2.24, 2.45) is 0 Å². The largest absolute Gasteiger partial charge is 0.479 e. The van der Waals surface area contributed by atoms with Gasteiger partial charge < -0.3 is 10.5 Å². The van der Waals surface area contributed by atoms with E-state index in [0.717, 1.165) is 6.07 Å². The van der Waals surface area contributed by atoms with Gasteiger partial charge in [-0.1, -0.05) is 11.6 Å². The Bertz CT molecular complexity index is 828. The Kier molecular flexibility index (Phi) is 3.09. The number of imidazole rings is 1. The number of methoxy groups -OCH3 is 1. The van der Waals surface area contributed by atoms with E-state index in [4.69, 9.17) is 22.1 Å². The lowest BCUT2D eigenvalue weighted by atomic mass is 10.3. The van der Waals surface area contributed by atoms with E-state index >= 15 is 0 Å². The van der Waals surface area contributed by atoms with Gasteiger partial charge in [0.25, 0.3) is 0 Å². The molecule has 108 valence electrons. The van der Waals surface area contributed by atoms with Crippen LogP contribution in [-0.2, 0) is 0 Å². The molecule has 0 atom stereocenters. The molecule has 0 saturated heterocycles. The first-order valence-electron chi connectivity index (χ1n) is 5.70. The molecule has 0 spiro atoms. The monoisotopic (exact) mass is 311 g/mol. The molecular formula is C12H8ClF2N5O. The first kappa shape index (κ1) is 13.5. The number of halogens is 3. The molecule has 0 aliphatic carbocycles. The van der Waals surface area contributed by atoms with Crippen LogP contribution in [0.5, 0.6) is 5.88 Å². The quantitative estimate of drug-likeness (QED) is 0.786. The average molecular weight is 312 g/mol. The van der Waals surface area contributed by atoms with Crippen LogP contribution < -0.4 is 10.5 Å². The second kappa shape index (κ2) is 4.81. The van der Waals surface area contributed by atoms with Crippen LogP contribution in [0.1, 0.15) is 0 Å². The zero-order chi connectivity index (χ0) is 15.1. The van der Waals surface area contributed by atoms with Crippen molar-refractivity contribution in [3.8, 4) is 11.6 Å². The first-order valence-corrected chi connectivity index (χ1v) is 6.08. The number of nitrogens with zero attached hydrogens (tertiary/aromatic N) is 4. The summed E-state index contributed by atoms with van der Waals surface area (Å²) in [4.78, 5) is 11.9. The molecule has 0 aliphatic rings. The molecule has 0 aliphatic heterocycles. The first-order chi connectivity index (χ1) is 10.0. The van der Waals surface area contributed by atoms with E-state index < -0.39 is 11.6 Å². The predicted octanol–water partition coefficient (Wildman–Crippen LogP) is 2.34. The number of nitrogen functional groups attached to an aromatic ring is 1. The van der Waals surface area contributed by atoms with Crippen LogP contribution in [-0.4, -0.2) is 26.6 Å². The van der Waals surface area contributed by atoms with Crippen molar-refractivity contribution in [2.45, 2.75) is 0 Å². The van der Waals surface area contributed by atoms with Gasteiger partial charge in [0.15, 0.2) is 17.0 Å². The minimum atomic E-state index is -0.886. The number of ether oxygens (including phenoxy) is 1. The maximum Gasteiger partial charge on any atom is 0.245 e. The number of fused-ring (bicyclic) bond motifs is 1. The van der Waals surface area contributed by atoms with Crippen LogP contribution in [0.4, 0.5) is 14.7 Å². The number of aromatic nitrogens is 4. The van der Waals surface area contributed by atoms with Crippen molar-refractivity contribution >= 4 is 28.7 Å². The molecule has 6 nitrogen and oxygen atoms in total. The van der Waals surface area contributed by atoms with Gasteiger partial charge in [0, 0.05) is 6.07 Å². The van der Waals surface area contributed by atoms with Crippen LogP contribution in [0.2, 0.25) is 5.02 Å². The maximum absolute atomic E-state index is 14.1. The SMILES string of the molecule is COc1ncnc2c1nc(N)n2-c1c(F)cc(F)cc1Cl. The van der Waals surface area contributed by atoms with Gasteiger partial charge in [-0.05, 0) is 6.07 Å². The predicted molar refractivity (Wildman–Crippen MR) is 72.6 cm³/mol. The molecule has 21 heavy (non-hydrogen) atoms. The van der Waals surface area contributed by atoms with Crippen molar-refractivity contribution in [1.29, 1.82) is 0 Å². The van der Waals surface area contributed by atoms with Gasteiger partial charge in [-0.25, -0.2) is 18.7 Å². The van der Waals surface area contributed by atoms with E-state index in [0.29, 0.717) is 6.07 Å². The highest BCUT2D eigenvalue weighted by Gasteiger charge is 2.21. The number of anilines is 1. The molecule has 9 heteroatoms. The molecule has 2 heterocycles. The van der Waals surface area contributed by atoms with Crippen LogP contribution in [0.15, 0.2) is 18.5 Å². The van der Waals surface area contributed by atoms with Crippen LogP contribution >= 0.6 is 11.6 Å². The van der Waals surface area contributed by atoms with Gasteiger partial charge >= 0.3 is 0 Å². The highest BCUT2D eigenvalue weighted by atomic mass is 35.5. The fraction of sp³-hybridized carbons (Fsp3) is 0.0833. The van der Waals surface area contributed by atoms with Crippen molar-refractivity contribution in [3.63, 3.8) is 0 Å². The molecule has 0 saturated carbocycles. The van der Waals surface area contributed by atoms with E-state index in [1.807, 2.05) is 0 Å². The zero-order valence-electron chi connectivity index (χ0n) is 10.6. The Labute approximate surface area is 122 Å². The van der Waals surface area contributed by atoms with Gasteiger partial charge in [-0.2, -0.15) is 4.98 Å². The Balaban J connectivity index is 2.39. The topological polar surface area (TPSA) is 78.8 Å². The van der Waals surface area contributed by atoms with E-state index in [1.165, 1.54) is 18.0 Å². The molecular weight excluding hydrogens is 304 g/mol. The summed E-state index contributed by atoms with van der Waals surface area (Å²) in [6.07, 6.45) is 1.22. The minimum absolute atomic E-state index is 0.0730. The highest BCUT2D eigenvalue weighted by Crippen LogP contribution is 2.32. The third kappa shape index (κ3) is 2.04. The molecule has 0 unspecified atom stereocenters.